The van der Waals surface area contributed by atoms with E-state index in [4.69, 9.17) is 4.74 Å². The SMILES string of the molecule is CCOc1ccc(C=Cc2ccc(C[C@@H](C)c3ccccc3)cc2F)cc1. The van der Waals surface area contributed by atoms with E-state index in [1.807, 2.05) is 73.7 Å². The first kappa shape index (κ1) is 18.9. The minimum Gasteiger partial charge on any atom is -0.494 e. The summed E-state index contributed by atoms with van der Waals surface area (Å²) < 4.78 is 19.9. The van der Waals surface area contributed by atoms with Gasteiger partial charge in [0.05, 0.1) is 6.61 Å². The molecule has 138 valence electrons. The van der Waals surface area contributed by atoms with E-state index in [0.29, 0.717) is 18.1 Å². The molecule has 2 heteroatoms. The van der Waals surface area contributed by atoms with Crippen molar-refractivity contribution in [3.63, 3.8) is 0 Å². The summed E-state index contributed by atoms with van der Waals surface area (Å²) in [5, 5.41) is 0. The Bertz CT molecular complexity index is 882. The number of hydrogen-bond acceptors (Lipinski definition) is 1. The molecular formula is C25H25FO. The summed E-state index contributed by atoms with van der Waals surface area (Å²) >= 11 is 0. The molecule has 0 amide bonds. The van der Waals surface area contributed by atoms with Crippen molar-refractivity contribution in [2.45, 2.75) is 26.2 Å². The standard InChI is InChI=1S/C25H25FO/c1-3-27-24-15-11-20(12-16-24)9-13-23-14-10-21(18-25(23)26)17-19(2)22-7-5-4-6-8-22/h4-16,18-19H,3,17H2,1-2H3/t19-/m1/s1. The minimum absolute atomic E-state index is 0.185. The summed E-state index contributed by atoms with van der Waals surface area (Å²) in [6.45, 7) is 4.78. The highest BCUT2D eigenvalue weighted by Crippen LogP contribution is 2.22. The van der Waals surface area contributed by atoms with Crippen molar-refractivity contribution < 1.29 is 9.13 Å². The molecule has 0 spiro atoms. The summed E-state index contributed by atoms with van der Waals surface area (Å²) in [6, 6.07) is 23.6. The van der Waals surface area contributed by atoms with Gasteiger partial charge in [-0.25, -0.2) is 4.39 Å². The van der Waals surface area contributed by atoms with Gasteiger partial charge in [0.2, 0.25) is 0 Å². The second-order valence-corrected chi connectivity index (χ2v) is 6.71. The molecule has 0 heterocycles. The number of rotatable bonds is 7. The molecule has 3 aromatic rings. The quantitative estimate of drug-likeness (QED) is 0.424. The molecule has 3 aromatic carbocycles. The molecule has 0 aliphatic heterocycles. The molecule has 0 aromatic heterocycles. The Labute approximate surface area is 161 Å². The molecule has 0 unspecified atom stereocenters. The van der Waals surface area contributed by atoms with Gasteiger partial charge >= 0.3 is 0 Å². The van der Waals surface area contributed by atoms with Gasteiger partial charge < -0.3 is 4.74 Å². The van der Waals surface area contributed by atoms with E-state index in [1.165, 1.54) is 5.56 Å². The average molecular weight is 360 g/mol. The highest BCUT2D eigenvalue weighted by molar-refractivity contribution is 5.70. The second-order valence-electron chi connectivity index (χ2n) is 6.71. The monoisotopic (exact) mass is 360 g/mol. The third-order valence-electron chi connectivity index (χ3n) is 4.62. The molecule has 0 N–H and O–H groups in total. The normalized spacial score (nSPS) is 12.3. The van der Waals surface area contributed by atoms with E-state index in [1.54, 1.807) is 6.07 Å². The molecular weight excluding hydrogens is 335 g/mol. The first-order valence-electron chi connectivity index (χ1n) is 9.40. The van der Waals surface area contributed by atoms with Crippen LogP contribution in [0.2, 0.25) is 0 Å². The van der Waals surface area contributed by atoms with Crippen LogP contribution in [0.5, 0.6) is 5.75 Å². The van der Waals surface area contributed by atoms with Crippen LogP contribution in [0.15, 0.2) is 72.8 Å². The van der Waals surface area contributed by atoms with Crippen molar-refractivity contribution in [2.24, 2.45) is 0 Å². The van der Waals surface area contributed by atoms with Gasteiger partial charge in [-0.3, -0.25) is 0 Å². The third kappa shape index (κ3) is 5.30. The van der Waals surface area contributed by atoms with Gasteiger partial charge in [0.25, 0.3) is 0 Å². The lowest BCUT2D eigenvalue weighted by Crippen LogP contribution is -1.99. The van der Waals surface area contributed by atoms with Crippen LogP contribution in [-0.2, 0) is 6.42 Å². The van der Waals surface area contributed by atoms with E-state index in [9.17, 15) is 4.39 Å². The molecule has 0 saturated carbocycles. The van der Waals surface area contributed by atoms with Gasteiger partial charge in [0, 0.05) is 5.56 Å². The summed E-state index contributed by atoms with van der Waals surface area (Å²) in [4.78, 5) is 0. The lowest BCUT2D eigenvalue weighted by Gasteiger charge is -2.12. The van der Waals surface area contributed by atoms with Crippen molar-refractivity contribution in [2.75, 3.05) is 6.61 Å². The van der Waals surface area contributed by atoms with E-state index < -0.39 is 0 Å². The molecule has 1 atom stereocenters. The van der Waals surface area contributed by atoms with Gasteiger partial charge in [-0.15, -0.1) is 0 Å². The first-order chi connectivity index (χ1) is 13.2. The van der Waals surface area contributed by atoms with E-state index in [-0.39, 0.29) is 5.82 Å². The van der Waals surface area contributed by atoms with Crippen LogP contribution in [0.25, 0.3) is 12.2 Å². The lowest BCUT2D eigenvalue weighted by molar-refractivity contribution is 0.340. The molecule has 27 heavy (non-hydrogen) atoms. The number of ether oxygens (including phenoxy) is 1. The maximum atomic E-state index is 14.5. The number of hydrogen-bond donors (Lipinski definition) is 0. The Balaban J connectivity index is 1.67. The summed E-state index contributed by atoms with van der Waals surface area (Å²) in [6.07, 6.45) is 4.56. The smallest absolute Gasteiger partial charge is 0.130 e. The van der Waals surface area contributed by atoms with Crippen molar-refractivity contribution in [1.82, 2.24) is 0 Å². The van der Waals surface area contributed by atoms with Crippen LogP contribution >= 0.6 is 0 Å². The maximum Gasteiger partial charge on any atom is 0.130 e. The Morgan fingerprint density at radius 2 is 1.67 bits per heavy atom. The van der Waals surface area contributed by atoms with Crippen molar-refractivity contribution >= 4 is 12.2 Å². The van der Waals surface area contributed by atoms with Crippen LogP contribution in [0.4, 0.5) is 4.39 Å². The van der Waals surface area contributed by atoms with Gasteiger partial charge in [-0.2, -0.15) is 0 Å². The molecule has 0 radical (unpaired) electrons. The molecule has 0 fully saturated rings. The Hall–Kier alpha value is -2.87. The molecule has 0 aliphatic rings. The third-order valence-corrected chi connectivity index (χ3v) is 4.62. The molecule has 1 nitrogen and oxygen atoms in total. The largest absolute Gasteiger partial charge is 0.494 e. The van der Waals surface area contributed by atoms with Crippen LogP contribution < -0.4 is 4.74 Å². The fraction of sp³-hybridized carbons (Fsp3) is 0.200. The molecule has 0 bridgehead atoms. The summed E-state index contributed by atoms with van der Waals surface area (Å²) in [5.41, 5.74) is 3.90. The van der Waals surface area contributed by atoms with Crippen molar-refractivity contribution in [3.8, 4) is 5.75 Å². The molecule has 3 rings (SSSR count). The highest BCUT2D eigenvalue weighted by Gasteiger charge is 2.08. The summed E-state index contributed by atoms with van der Waals surface area (Å²) in [5.74, 6) is 1.02. The van der Waals surface area contributed by atoms with Crippen LogP contribution in [0.3, 0.4) is 0 Å². The fourth-order valence-corrected chi connectivity index (χ4v) is 3.11. The molecule has 0 saturated heterocycles. The van der Waals surface area contributed by atoms with Crippen molar-refractivity contribution in [3.05, 3.63) is 101 Å². The minimum atomic E-state index is -0.185. The zero-order chi connectivity index (χ0) is 19.1. The van der Waals surface area contributed by atoms with Gasteiger partial charge in [0.1, 0.15) is 11.6 Å². The van der Waals surface area contributed by atoms with E-state index in [0.717, 1.165) is 23.3 Å². The van der Waals surface area contributed by atoms with Crippen LogP contribution in [0, 0.1) is 5.82 Å². The predicted molar refractivity (Wildman–Crippen MR) is 112 cm³/mol. The summed E-state index contributed by atoms with van der Waals surface area (Å²) in [7, 11) is 0. The number of benzene rings is 3. The Kier molecular flexibility index (Phi) is 6.43. The Morgan fingerprint density at radius 3 is 2.33 bits per heavy atom. The van der Waals surface area contributed by atoms with Gasteiger partial charge in [-0.05, 0) is 54.2 Å². The van der Waals surface area contributed by atoms with Crippen LogP contribution in [0.1, 0.15) is 42.0 Å². The molecule has 0 aliphatic carbocycles. The lowest BCUT2D eigenvalue weighted by atomic mass is 9.93. The van der Waals surface area contributed by atoms with E-state index >= 15 is 0 Å². The first-order valence-corrected chi connectivity index (χ1v) is 9.40. The van der Waals surface area contributed by atoms with Crippen LogP contribution in [-0.4, -0.2) is 6.61 Å². The van der Waals surface area contributed by atoms with Gasteiger partial charge in [0.15, 0.2) is 0 Å². The van der Waals surface area contributed by atoms with Crippen molar-refractivity contribution in [1.29, 1.82) is 0 Å². The topological polar surface area (TPSA) is 9.23 Å². The second kappa shape index (κ2) is 9.18. The Morgan fingerprint density at radius 1 is 0.926 bits per heavy atom. The van der Waals surface area contributed by atoms with Gasteiger partial charge in [-0.1, -0.05) is 73.7 Å². The zero-order valence-corrected chi connectivity index (χ0v) is 15.9. The predicted octanol–water partition coefficient (Wildman–Crippen LogP) is 6.74. The average Bonchev–Trinajstić information content (AvgIpc) is 2.69. The fourth-order valence-electron chi connectivity index (χ4n) is 3.11. The zero-order valence-electron chi connectivity index (χ0n) is 15.9. The maximum absolute atomic E-state index is 14.5. The number of halogens is 1. The highest BCUT2D eigenvalue weighted by atomic mass is 19.1. The van der Waals surface area contributed by atoms with E-state index in [2.05, 4.69) is 19.1 Å².